The molecule has 3 aromatic rings. The van der Waals surface area contributed by atoms with Crippen molar-refractivity contribution < 1.29 is 18.7 Å². The predicted octanol–water partition coefficient (Wildman–Crippen LogP) is 4.24. The number of amides is 2. The Bertz CT molecular complexity index is 977. The molecule has 0 unspecified atom stereocenters. The quantitative estimate of drug-likeness (QED) is 0.667. The van der Waals surface area contributed by atoms with Crippen LogP contribution in [0.1, 0.15) is 28.8 Å². The van der Waals surface area contributed by atoms with Gasteiger partial charge in [-0.2, -0.15) is 0 Å². The van der Waals surface area contributed by atoms with Crippen molar-refractivity contribution in [2.45, 2.75) is 19.4 Å². The summed E-state index contributed by atoms with van der Waals surface area (Å²) in [5.41, 5.74) is 1.47. The Balaban J connectivity index is 1.30. The van der Waals surface area contributed by atoms with Crippen LogP contribution in [0.25, 0.3) is 0 Å². The van der Waals surface area contributed by atoms with Gasteiger partial charge in [-0.15, -0.1) is 0 Å². The SMILES string of the molecule is O=C(NCc1ccccc1Oc1ccccc1)C1CCN(C(=O)c2ccoc2)CC1. The molecule has 0 atom stereocenters. The monoisotopic (exact) mass is 404 g/mol. The van der Waals surface area contributed by atoms with E-state index >= 15 is 0 Å². The minimum absolute atomic E-state index is 0.0138. The van der Waals surface area contributed by atoms with E-state index in [1.54, 1.807) is 11.0 Å². The standard InChI is InChI=1S/C24H24N2O4/c27-23(18-10-13-26(14-11-18)24(28)20-12-15-29-17-20)25-16-19-6-4-5-9-22(19)30-21-7-2-1-3-8-21/h1-9,12,15,17-18H,10-11,13-14,16H2,(H,25,27). The average Bonchev–Trinajstić information content (AvgIpc) is 3.34. The number of hydrogen-bond donors (Lipinski definition) is 1. The molecule has 0 radical (unpaired) electrons. The fraction of sp³-hybridized carbons (Fsp3) is 0.250. The number of ether oxygens (including phenoxy) is 1. The first-order chi connectivity index (χ1) is 14.7. The van der Waals surface area contributed by atoms with E-state index in [2.05, 4.69) is 5.32 Å². The van der Waals surface area contributed by atoms with E-state index in [1.165, 1.54) is 12.5 Å². The maximum absolute atomic E-state index is 12.7. The van der Waals surface area contributed by atoms with E-state index in [0.717, 1.165) is 17.1 Å². The van der Waals surface area contributed by atoms with E-state index in [9.17, 15) is 9.59 Å². The minimum Gasteiger partial charge on any atom is -0.472 e. The van der Waals surface area contributed by atoms with E-state index in [4.69, 9.17) is 9.15 Å². The Labute approximate surface area is 175 Å². The number of benzene rings is 2. The number of rotatable bonds is 6. The summed E-state index contributed by atoms with van der Waals surface area (Å²) in [5.74, 6) is 1.35. The molecular formula is C24H24N2O4. The Morgan fingerprint density at radius 2 is 1.73 bits per heavy atom. The Hall–Kier alpha value is -3.54. The number of hydrogen-bond acceptors (Lipinski definition) is 4. The van der Waals surface area contributed by atoms with Crippen LogP contribution in [0.4, 0.5) is 0 Å². The molecule has 2 heterocycles. The smallest absolute Gasteiger partial charge is 0.257 e. The molecule has 1 fully saturated rings. The van der Waals surface area contributed by atoms with Crippen molar-refractivity contribution in [3.05, 3.63) is 84.3 Å². The Morgan fingerprint density at radius 3 is 2.47 bits per heavy atom. The highest BCUT2D eigenvalue weighted by molar-refractivity contribution is 5.94. The molecule has 6 heteroatoms. The summed E-state index contributed by atoms with van der Waals surface area (Å²) in [6.07, 6.45) is 4.25. The van der Waals surface area contributed by atoms with Crippen molar-refractivity contribution >= 4 is 11.8 Å². The second-order valence-corrected chi connectivity index (χ2v) is 7.32. The molecule has 1 N–H and O–H groups in total. The molecule has 30 heavy (non-hydrogen) atoms. The second kappa shape index (κ2) is 9.31. The van der Waals surface area contributed by atoms with Crippen molar-refractivity contribution in [1.29, 1.82) is 0 Å². The third-order valence-corrected chi connectivity index (χ3v) is 5.32. The molecule has 4 rings (SSSR count). The molecule has 1 aliphatic heterocycles. The number of likely N-dealkylation sites (tertiary alicyclic amines) is 1. The molecule has 2 amide bonds. The van der Waals surface area contributed by atoms with Crippen LogP contribution < -0.4 is 10.1 Å². The zero-order valence-electron chi connectivity index (χ0n) is 16.6. The molecule has 1 aliphatic rings. The lowest BCUT2D eigenvalue weighted by Gasteiger charge is -2.31. The summed E-state index contributed by atoms with van der Waals surface area (Å²) >= 11 is 0. The fourth-order valence-electron chi connectivity index (χ4n) is 3.61. The van der Waals surface area contributed by atoms with Gasteiger partial charge in [0.1, 0.15) is 17.8 Å². The zero-order chi connectivity index (χ0) is 20.8. The lowest BCUT2D eigenvalue weighted by Crippen LogP contribution is -2.42. The summed E-state index contributed by atoms with van der Waals surface area (Å²) in [6.45, 7) is 1.53. The number of nitrogens with one attached hydrogen (secondary N) is 1. The highest BCUT2D eigenvalue weighted by atomic mass is 16.5. The van der Waals surface area contributed by atoms with E-state index < -0.39 is 0 Å². The number of nitrogens with zero attached hydrogens (tertiary/aromatic N) is 1. The Morgan fingerprint density at radius 1 is 1.00 bits per heavy atom. The second-order valence-electron chi connectivity index (χ2n) is 7.32. The number of carbonyl (C=O) groups excluding carboxylic acids is 2. The van der Waals surface area contributed by atoms with E-state index in [0.29, 0.717) is 38.0 Å². The van der Waals surface area contributed by atoms with Gasteiger partial charge in [0.2, 0.25) is 5.91 Å². The third-order valence-electron chi connectivity index (χ3n) is 5.32. The number of piperidine rings is 1. The summed E-state index contributed by atoms with van der Waals surface area (Å²) in [5, 5.41) is 3.03. The highest BCUT2D eigenvalue weighted by Gasteiger charge is 2.28. The normalized spacial score (nSPS) is 14.3. The third kappa shape index (κ3) is 4.71. The van der Waals surface area contributed by atoms with E-state index in [-0.39, 0.29) is 17.7 Å². The maximum Gasteiger partial charge on any atom is 0.257 e. The van der Waals surface area contributed by atoms with Crippen LogP contribution in [0.5, 0.6) is 11.5 Å². The van der Waals surface area contributed by atoms with Crippen molar-refractivity contribution in [2.75, 3.05) is 13.1 Å². The lowest BCUT2D eigenvalue weighted by molar-refractivity contribution is -0.126. The zero-order valence-corrected chi connectivity index (χ0v) is 16.6. The van der Waals surface area contributed by atoms with Gasteiger partial charge in [-0.05, 0) is 37.1 Å². The van der Waals surface area contributed by atoms with Gasteiger partial charge in [0, 0.05) is 31.1 Å². The highest BCUT2D eigenvalue weighted by Crippen LogP contribution is 2.25. The van der Waals surface area contributed by atoms with Crippen molar-refractivity contribution in [3.63, 3.8) is 0 Å². The molecule has 0 bridgehead atoms. The molecule has 1 saturated heterocycles. The molecule has 0 aliphatic carbocycles. The van der Waals surface area contributed by atoms with Crippen LogP contribution in [-0.4, -0.2) is 29.8 Å². The largest absolute Gasteiger partial charge is 0.472 e. The van der Waals surface area contributed by atoms with E-state index in [1.807, 2.05) is 54.6 Å². The van der Waals surface area contributed by atoms with Gasteiger partial charge < -0.3 is 19.4 Å². The van der Waals surface area contributed by atoms with Crippen molar-refractivity contribution in [2.24, 2.45) is 5.92 Å². The molecule has 0 spiro atoms. The number of furan rings is 1. The molecule has 1 aromatic heterocycles. The summed E-state index contributed by atoms with van der Waals surface area (Å²) in [6, 6.07) is 18.9. The molecular weight excluding hydrogens is 380 g/mol. The first kappa shape index (κ1) is 19.8. The van der Waals surface area contributed by atoms with Gasteiger partial charge in [-0.25, -0.2) is 0 Å². The number of carbonyl (C=O) groups is 2. The van der Waals surface area contributed by atoms with Crippen molar-refractivity contribution in [1.82, 2.24) is 10.2 Å². The summed E-state index contributed by atoms with van der Waals surface area (Å²) < 4.78 is 10.9. The van der Waals surface area contributed by atoms with Gasteiger partial charge in [0.25, 0.3) is 5.91 Å². The van der Waals surface area contributed by atoms with Gasteiger partial charge >= 0.3 is 0 Å². The van der Waals surface area contributed by atoms with Gasteiger partial charge in [-0.3, -0.25) is 9.59 Å². The molecule has 2 aromatic carbocycles. The molecule has 0 saturated carbocycles. The summed E-state index contributed by atoms with van der Waals surface area (Å²) in [4.78, 5) is 26.8. The Kier molecular flexibility index (Phi) is 6.13. The van der Waals surface area contributed by atoms with Gasteiger partial charge in [-0.1, -0.05) is 36.4 Å². The fourth-order valence-corrected chi connectivity index (χ4v) is 3.61. The molecule has 154 valence electrons. The molecule has 6 nitrogen and oxygen atoms in total. The van der Waals surface area contributed by atoms with Crippen LogP contribution in [0.2, 0.25) is 0 Å². The first-order valence-corrected chi connectivity index (χ1v) is 10.1. The topological polar surface area (TPSA) is 71.8 Å². The van der Waals surface area contributed by atoms with Crippen LogP contribution in [0.3, 0.4) is 0 Å². The van der Waals surface area contributed by atoms with Crippen LogP contribution >= 0.6 is 0 Å². The van der Waals surface area contributed by atoms with Crippen LogP contribution in [0, 0.1) is 5.92 Å². The van der Waals surface area contributed by atoms with Crippen molar-refractivity contribution in [3.8, 4) is 11.5 Å². The lowest BCUT2D eigenvalue weighted by atomic mass is 9.95. The van der Waals surface area contributed by atoms with Gasteiger partial charge in [0.05, 0.1) is 11.8 Å². The number of para-hydroxylation sites is 2. The maximum atomic E-state index is 12.7. The van der Waals surface area contributed by atoms with Crippen LogP contribution in [-0.2, 0) is 11.3 Å². The first-order valence-electron chi connectivity index (χ1n) is 10.1. The summed E-state index contributed by atoms with van der Waals surface area (Å²) in [7, 11) is 0. The minimum atomic E-state index is -0.0967. The van der Waals surface area contributed by atoms with Crippen LogP contribution in [0.15, 0.2) is 77.6 Å². The average molecular weight is 404 g/mol. The van der Waals surface area contributed by atoms with Gasteiger partial charge in [0.15, 0.2) is 0 Å². The predicted molar refractivity (Wildman–Crippen MR) is 112 cm³/mol.